The average Bonchev–Trinajstić information content (AvgIpc) is 3.05. The summed E-state index contributed by atoms with van der Waals surface area (Å²) in [4.78, 5) is 24.6. The van der Waals surface area contributed by atoms with E-state index in [0.717, 1.165) is 45.1 Å². The van der Waals surface area contributed by atoms with Crippen molar-refractivity contribution in [2.45, 2.75) is 63.0 Å². The van der Waals surface area contributed by atoms with E-state index in [-0.39, 0.29) is 12.0 Å². The Morgan fingerprint density at radius 3 is 2.62 bits per heavy atom. The first kappa shape index (κ1) is 18.7. The predicted octanol–water partition coefficient (Wildman–Crippen LogP) is 3.15. The Hall–Kier alpha value is -2.08. The zero-order valence-electron chi connectivity index (χ0n) is 15.0. The van der Waals surface area contributed by atoms with Gasteiger partial charge in [-0.1, -0.05) is 31.7 Å². The molecule has 1 amide bonds. The second-order valence-corrected chi connectivity index (χ2v) is 7.23. The molecule has 0 bridgehead atoms. The van der Waals surface area contributed by atoms with Gasteiger partial charge < -0.3 is 19.9 Å². The molecular weight excluding hydrogens is 334 g/mol. The lowest BCUT2D eigenvalue weighted by atomic mass is 9.90. The van der Waals surface area contributed by atoms with Crippen LogP contribution in [0.5, 0.6) is 5.75 Å². The number of hydrogen-bond acceptors (Lipinski definition) is 4. The smallest absolute Gasteiger partial charge is 0.329 e. The third-order valence-electron chi connectivity index (χ3n) is 5.28. The van der Waals surface area contributed by atoms with Crippen LogP contribution in [0.3, 0.4) is 0 Å². The van der Waals surface area contributed by atoms with Crippen LogP contribution in [0, 0.1) is 0 Å². The van der Waals surface area contributed by atoms with Crippen molar-refractivity contribution in [3.05, 3.63) is 29.8 Å². The number of carbonyl (C=O) groups excluding carboxylic acids is 1. The molecular formula is C20H27NO5. The van der Waals surface area contributed by atoms with Gasteiger partial charge in [0, 0.05) is 12.2 Å². The van der Waals surface area contributed by atoms with Crippen LogP contribution in [0.4, 0.5) is 0 Å². The molecule has 142 valence electrons. The highest BCUT2D eigenvalue weighted by Gasteiger charge is 2.40. The molecule has 2 fully saturated rings. The SMILES string of the molecule is O=C(NC1(C(=O)O)CCCCCC1)c1cccc(OCC2CCCO2)c1. The molecule has 1 saturated heterocycles. The third-order valence-corrected chi connectivity index (χ3v) is 5.28. The van der Waals surface area contributed by atoms with E-state index < -0.39 is 11.5 Å². The van der Waals surface area contributed by atoms with Crippen LogP contribution >= 0.6 is 0 Å². The van der Waals surface area contributed by atoms with Crippen molar-refractivity contribution in [1.82, 2.24) is 5.32 Å². The Labute approximate surface area is 153 Å². The summed E-state index contributed by atoms with van der Waals surface area (Å²) in [5.74, 6) is -0.714. The number of rotatable bonds is 6. The maximum atomic E-state index is 12.7. The van der Waals surface area contributed by atoms with Crippen LogP contribution in [-0.2, 0) is 9.53 Å². The minimum absolute atomic E-state index is 0.105. The van der Waals surface area contributed by atoms with Gasteiger partial charge in [0.05, 0.1) is 6.10 Å². The van der Waals surface area contributed by atoms with Gasteiger partial charge in [-0.05, 0) is 43.9 Å². The standard InChI is InChI=1S/C20H27NO5/c22-18(21-20(19(23)24)10-3-1-2-4-11-20)15-7-5-8-16(13-15)26-14-17-9-6-12-25-17/h5,7-8,13,17H,1-4,6,9-12,14H2,(H,21,22)(H,23,24). The highest BCUT2D eigenvalue weighted by atomic mass is 16.5. The molecule has 0 spiro atoms. The normalized spacial score (nSPS) is 22.4. The molecule has 0 radical (unpaired) electrons. The molecule has 26 heavy (non-hydrogen) atoms. The number of nitrogens with one attached hydrogen (secondary N) is 1. The number of hydrogen-bond donors (Lipinski definition) is 2. The van der Waals surface area contributed by atoms with Crippen molar-refractivity contribution in [2.24, 2.45) is 0 Å². The highest BCUT2D eigenvalue weighted by Crippen LogP contribution is 2.28. The minimum Gasteiger partial charge on any atom is -0.491 e. The van der Waals surface area contributed by atoms with Crippen LogP contribution in [0.15, 0.2) is 24.3 Å². The third kappa shape index (κ3) is 4.55. The summed E-state index contributed by atoms with van der Waals surface area (Å²) in [5, 5.41) is 12.5. The van der Waals surface area contributed by atoms with Crippen molar-refractivity contribution in [3.63, 3.8) is 0 Å². The molecule has 1 saturated carbocycles. The largest absolute Gasteiger partial charge is 0.491 e. The quantitative estimate of drug-likeness (QED) is 0.760. The Bertz CT molecular complexity index is 631. The lowest BCUT2D eigenvalue weighted by Gasteiger charge is -2.29. The summed E-state index contributed by atoms with van der Waals surface area (Å²) < 4.78 is 11.3. The van der Waals surface area contributed by atoms with E-state index in [0.29, 0.717) is 30.8 Å². The van der Waals surface area contributed by atoms with Crippen molar-refractivity contribution < 1.29 is 24.2 Å². The van der Waals surface area contributed by atoms with Crippen LogP contribution in [0.2, 0.25) is 0 Å². The van der Waals surface area contributed by atoms with Crippen LogP contribution < -0.4 is 10.1 Å². The van der Waals surface area contributed by atoms with E-state index in [4.69, 9.17) is 9.47 Å². The summed E-state index contributed by atoms with van der Waals surface area (Å²) in [7, 11) is 0. The number of carboxylic acid groups (broad SMARTS) is 1. The van der Waals surface area contributed by atoms with E-state index >= 15 is 0 Å². The monoisotopic (exact) mass is 361 g/mol. The highest BCUT2D eigenvalue weighted by molar-refractivity contribution is 5.98. The molecule has 6 heteroatoms. The molecule has 1 aromatic rings. The molecule has 3 rings (SSSR count). The van der Waals surface area contributed by atoms with E-state index in [2.05, 4.69) is 5.32 Å². The van der Waals surface area contributed by atoms with E-state index in [1.807, 2.05) is 0 Å². The summed E-state index contributed by atoms with van der Waals surface area (Å²) in [6.45, 7) is 1.23. The fourth-order valence-corrected chi connectivity index (χ4v) is 3.71. The first-order valence-electron chi connectivity index (χ1n) is 9.49. The first-order chi connectivity index (χ1) is 12.6. The van der Waals surface area contributed by atoms with E-state index in [1.54, 1.807) is 24.3 Å². The van der Waals surface area contributed by atoms with Gasteiger partial charge in [-0.25, -0.2) is 4.79 Å². The fraction of sp³-hybridized carbons (Fsp3) is 0.600. The summed E-state index contributed by atoms with van der Waals surface area (Å²) in [5.41, 5.74) is -0.748. The van der Waals surface area contributed by atoms with Gasteiger partial charge >= 0.3 is 5.97 Å². The number of amides is 1. The predicted molar refractivity (Wildman–Crippen MR) is 96.4 cm³/mol. The zero-order valence-corrected chi connectivity index (χ0v) is 15.0. The molecule has 2 aliphatic rings. The number of carboxylic acids is 1. The van der Waals surface area contributed by atoms with Gasteiger partial charge in [-0.15, -0.1) is 0 Å². The summed E-state index contributed by atoms with van der Waals surface area (Å²) in [6.07, 6.45) is 6.75. The lowest BCUT2D eigenvalue weighted by Crippen LogP contribution is -2.54. The van der Waals surface area contributed by atoms with Gasteiger partial charge in [-0.2, -0.15) is 0 Å². The second-order valence-electron chi connectivity index (χ2n) is 7.23. The molecule has 0 aromatic heterocycles. The minimum atomic E-state index is -1.16. The van der Waals surface area contributed by atoms with Crippen LogP contribution in [0.1, 0.15) is 61.7 Å². The van der Waals surface area contributed by atoms with E-state index in [9.17, 15) is 14.7 Å². The summed E-state index contributed by atoms with van der Waals surface area (Å²) >= 11 is 0. The maximum absolute atomic E-state index is 12.7. The number of carbonyl (C=O) groups is 2. The molecule has 1 atom stereocenters. The van der Waals surface area contributed by atoms with E-state index in [1.165, 1.54) is 0 Å². The van der Waals surface area contributed by atoms with Crippen molar-refractivity contribution >= 4 is 11.9 Å². The Morgan fingerprint density at radius 2 is 1.96 bits per heavy atom. The molecule has 1 unspecified atom stereocenters. The van der Waals surface area contributed by atoms with Crippen molar-refractivity contribution in [1.29, 1.82) is 0 Å². The topological polar surface area (TPSA) is 84.9 Å². The molecule has 1 aliphatic carbocycles. The average molecular weight is 361 g/mol. The van der Waals surface area contributed by atoms with Gasteiger partial charge in [-0.3, -0.25) is 4.79 Å². The lowest BCUT2D eigenvalue weighted by molar-refractivity contribution is -0.145. The Kier molecular flexibility index (Phi) is 6.14. The Balaban J connectivity index is 1.66. The zero-order chi connectivity index (χ0) is 18.4. The fourth-order valence-electron chi connectivity index (χ4n) is 3.71. The van der Waals surface area contributed by atoms with Crippen molar-refractivity contribution in [3.8, 4) is 5.75 Å². The molecule has 1 aromatic carbocycles. The molecule has 1 heterocycles. The Morgan fingerprint density at radius 1 is 1.19 bits per heavy atom. The number of aliphatic carboxylic acids is 1. The van der Waals surface area contributed by atoms with Gasteiger partial charge in [0.25, 0.3) is 5.91 Å². The summed E-state index contributed by atoms with van der Waals surface area (Å²) in [6, 6.07) is 6.89. The number of ether oxygens (including phenoxy) is 2. The molecule has 1 aliphatic heterocycles. The first-order valence-corrected chi connectivity index (χ1v) is 9.49. The van der Waals surface area contributed by atoms with Crippen LogP contribution in [0.25, 0.3) is 0 Å². The van der Waals surface area contributed by atoms with Gasteiger partial charge in [0.1, 0.15) is 17.9 Å². The maximum Gasteiger partial charge on any atom is 0.329 e. The van der Waals surface area contributed by atoms with Crippen molar-refractivity contribution in [2.75, 3.05) is 13.2 Å². The molecule has 6 nitrogen and oxygen atoms in total. The second kappa shape index (κ2) is 8.54. The van der Waals surface area contributed by atoms with Gasteiger partial charge in [0.2, 0.25) is 0 Å². The van der Waals surface area contributed by atoms with Crippen LogP contribution in [-0.4, -0.2) is 41.8 Å². The molecule has 2 N–H and O–H groups in total. The number of benzene rings is 1. The van der Waals surface area contributed by atoms with Gasteiger partial charge in [0.15, 0.2) is 0 Å².